The molecule has 0 saturated carbocycles. The first kappa shape index (κ1) is 18.8. The number of aromatic nitrogens is 4. The summed E-state index contributed by atoms with van der Waals surface area (Å²) in [6, 6.07) is 14.0. The van der Waals surface area contributed by atoms with Crippen molar-refractivity contribution in [1.82, 2.24) is 25.5 Å². The lowest BCUT2D eigenvalue weighted by Crippen LogP contribution is -2.33. The third-order valence-electron chi connectivity index (χ3n) is 4.38. The van der Waals surface area contributed by atoms with Crippen LogP contribution in [-0.2, 0) is 0 Å². The number of aryl methyl sites for hydroxylation is 1. The Morgan fingerprint density at radius 1 is 1.07 bits per heavy atom. The van der Waals surface area contributed by atoms with Crippen molar-refractivity contribution in [3.8, 4) is 16.8 Å². The standard InChI is InChI=1S/C21H25N5O/c1-14(2)9-16(4)23-21(27)19-10-18(17-7-5-15(3)6-8-17)11-20(12-19)26-13-22-24-25-26/h5-8,10-14,16H,9H2,1-4H3,(H,23,27). The highest BCUT2D eigenvalue weighted by atomic mass is 16.1. The fraction of sp³-hybridized carbons (Fsp3) is 0.333. The summed E-state index contributed by atoms with van der Waals surface area (Å²) in [4.78, 5) is 12.8. The summed E-state index contributed by atoms with van der Waals surface area (Å²) in [5.74, 6) is 0.433. The zero-order valence-corrected chi connectivity index (χ0v) is 16.2. The molecule has 27 heavy (non-hydrogen) atoms. The van der Waals surface area contributed by atoms with Gasteiger partial charge in [-0.15, -0.1) is 5.10 Å². The predicted molar refractivity (Wildman–Crippen MR) is 106 cm³/mol. The number of nitrogens with zero attached hydrogens (tertiary/aromatic N) is 4. The smallest absolute Gasteiger partial charge is 0.251 e. The van der Waals surface area contributed by atoms with Crippen molar-refractivity contribution in [3.05, 3.63) is 59.9 Å². The highest BCUT2D eigenvalue weighted by Crippen LogP contribution is 2.24. The normalized spacial score (nSPS) is 12.2. The lowest BCUT2D eigenvalue weighted by molar-refractivity contribution is 0.0936. The second-order valence-electron chi connectivity index (χ2n) is 7.39. The Bertz CT molecular complexity index is 901. The minimum absolute atomic E-state index is 0.0913. The van der Waals surface area contributed by atoms with E-state index < -0.39 is 0 Å². The fourth-order valence-electron chi connectivity index (χ4n) is 3.14. The number of amides is 1. The number of nitrogens with one attached hydrogen (secondary N) is 1. The summed E-state index contributed by atoms with van der Waals surface area (Å²) in [5, 5.41) is 14.4. The van der Waals surface area contributed by atoms with Crippen molar-refractivity contribution >= 4 is 5.91 Å². The summed E-state index contributed by atoms with van der Waals surface area (Å²) < 4.78 is 1.56. The van der Waals surface area contributed by atoms with Gasteiger partial charge in [-0.2, -0.15) is 0 Å². The van der Waals surface area contributed by atoms with Crippen LogP contribution in [0.25, 0.3) is 16.8 Å². The predicted octanol–water partition coefficient (Wildman–Crippen LogP) is 3.80. The molecule has 140 valence electrons. The Kier molecular flexibility index (Phi) is 5.64. The van der Waals surface area contributed by atoms with Crippen LogP contribution >= 0.6 is 0 Å². The SMILES string of the molecule is Cc1ccc(-c2cc(C(=O)NC(C)CC(C)C)cc(-n3cnnn3)c2)cc1. The first-order valence-electron chi connectivity index (χ1n) is 9.18. The van der Waals surface area contributed by atoms with Gasteiger partial charge in [0.1, 0.15) is 6.33 Å². The van der Waals surface area contributed by atoms with Crippen LogP contribution < -0.4 is 5.32 Å². The molecule has 1 heterocycles. The molecule has 1 aromatic heterocycles. The third-order valence-corrected chi connectivity index (χ3v) is 4.38. The van der Waals surface area contributed by atoms with Crippen LogP contribution in [0, 0.1) is 12.8 Å². The zero-order chi connectivity index (χ0) is 19.4. The van der Waals surface area contributed by atoms with Crippen molar-refractivity contribution in [2.75, 3.05) is 0 Å². The van der Waals surface area contributed by atoms with Crippen molar-refractivity contribution in [2.24, 2.45) is 5.92 Å². The van der Waals surface area contributed by atoms with Gasteiger partial charge in [0.05, 0.1) is 5.69 Å². The number of benzene rings is 2. The number of hydrogen-bond acceptors (Lipinski definition) is 4. The molecule has 2 aromatic carbocycles. The quantitative estimate of drug-likeness (QED) is 0.723. The fourth-order valence-corrected chi connectivity index (χ4v) is 3.14. The van der Waals surface area contributed by atoms with Crippen molar-refractivity contribution in [1.29, 1.82) is 0 Å². The number of tetrazole rings is 1. The van der Waals surface area contributed by atoms with E-state index >= 15 is 0 Å². The van der Waals surface area contributed by atoms with Crippen LogP contribution in [-0.4, -0.2) is 32.2 Å². The number of rotatable bonds is 6. The molecule has 0 bridgehead atoms. The van der Waals surface area contributed by atoms with Crippen LogP contribution in [0.2, 0.25) is 0 Å². The van der Waals surface area contributed by atoms with E-state index in [-0.39, 0.29) is 11.9 Å². The summed E-state index contributed by atoms with van der Waals surface area (Å²) in [7, 11) is 0. The van der Waals surface area contributed by atoms with Gasteiger partial charge in [-0.1, -0.05) is 43.7 Å². The molecule has 3 rings (SSSR count). The third kappa shape index (κ3) is 4.78. The van der Waals surface area contributed by atoms with Gasteiger partial charge in [-0.25, -0.2) is 4.68 Å². The van der Waals surface area contributed by atoms with E-state index in [4.69, 9.17) is 0 Å². The maximum absolute atomic E-state index is 12.8. The molecule has 1 N–H and O–H groups in total. The minimum atomic E-state index is -0.0913. The van der Waals surface area contributed by atoms with Crippen LogP contribution in [0.15, 0.2) is 48.8 Å². The monoisotopic (exact) mass is 363 g/mol. The highest BCUT2D eigenvalue weighted by Gasteiger charge is 2.14. The average molecular weight is 363 g/mol. The van der Waals surface area contributed by atoms with Crippen LogP contribution in [0.4, 0.5) is 0 Å². The van der Waals surface area contributed by atoms with E-state index in [0.717, 1.165) is 23.2 Å². The lowest BCUT2D eigenvalue weighted by atomic mass is 10.00. The molecule has 0 radical (unpaired) electrons. The highest BCUT2D eigenvalue weighted by molar-refractivity contribution is 5.96. The molecular formula is C21H25N5O. The molecule has 0 aliphatic carbocycles. The van der Waals surface area contributed by atoms with E-state index in [0.29, 0.717) is 11.5 Å². The van der Waals surface area contributed by atoms with Gasteiger partial charge in [0.15, 0.2) is 0 Å². The molecule has 0 aliphatic rings. The molecule has 1 unspecified atom stereocenters. The molecule has 1 atom stereocenters. The summed E-state index contributed by atoms with van der Waals surface area (Å²) in [6.07, 6.45) is 2.46. The zero-order valence-electron chi connectivity index (χ0n) is 16.2. The topological polar surface area (TPSA) is 72.7 Å². The van der Waals surface area contributed by atoms with Gasteiger partial charge in [-0.3, -0.25) is 4.79 Å². The van der Waals surface area contributed by atoms with Crippen LogP contribution in [0.3, 0.4) is 0 Å². The van der Waals surface area contributed by atoms with Crippen molar-refractivity contribution in [2.45, 2.75) is 40.2 Å². The Morgan fingerprint density at radius 3 is 2.44 bits per heavy atom. The summed E-state index contributed by atoms with van der Waals surface area (Å²) in [5.41, 5.74) is 4.52. The van der Waals surface area contributed by atoms with Crippen molar-refractivity contribution in [3.63, 3.8) is 0 Å². The maximum atomic E-state index is 12.8. The number of carbonyl (C=O) groups is 1. The molecule has 6 heteroatoms. The summed E-state index contributed by atoms with van der Waals surface area (Å²) >= 11 is 0. The Labute approximate surface area is 159 Å². The van der Waals surface area contributed by atoms with Gasteiger partial charge in [0.2, 0.25) is 0 Å². The van der Waals surface area contributed by atoms with E-state index in [1.165, 1.54) is 11.9 Å². The molecule has 0 fully saturated rings. The van der Waals surface area contributed by atoms with Crippen LogP contribution in [0.5, 0.6) is 0 Å². The van der Waals surface area contributed by atoms with E-state index in [9.17, 15) is 4.79 Å². The second-order valence-corrected chi connectivity index (χ2v) is 7.39. The molecular weight excluding hydrogens is 338 g/mol. The second kappa shape index (κ2) is 8.12. The van der Waals surface area contributed by atoms with E-state index in [1.807, 2.05) is 25.1 Å². The maximum Gasteiger partial charge on any atom is 0.251 e. The number of carbonyl (C=O) groups excluding carboxylic acids is 1. The van der Waals surface area contributed by atoms with Gasteiger partial charge in [-0.05, 0) is 65.9 Å². The van der Waals surface area contributed by atoms with E-state index in [2.05, 4.69) is 65.9 Å². The summed E-state index contributed by atoms with van der Waals surface area (Å²) in [6.45, 7) is 8.38. The average Bonchev–Trinajstić information content (AvgIpc) is 3.16. The largest absolute Gasteiger partial charge is 0.350 e. The first-order valence-corrected chi connectivity index (χ1v) is 9.18. The molecule has 6 nitrogen and oxygen atoms in total. The van der Waals surface area contributed by atoms with Gasteiger partial charge in [0.25, 0.3) is 5.91 Å². The Hall–Kier alpha value is -3.02. The Morgan fingerprint density at radius 2 is 1.81 bits per heavy atom. The molecule has 3 aromatic rings. The van der Waals surface area contributed by atoms with Crippen molar-refractivity contribution < 1.29 is 4.79 Å². The Balaban J connectivity index is 1.97. The lowest BCUT2D eigenvalue weighted by Gasteiger charge is -2.17. The molecule has 0 saturated heterocycles. The van der Waals surface area contributed by atoms with Crippen LogP contribution in [0.1, 0.15) is 43.1 Å². The van der Waals surface area contributed by atoms with Gasteiger partial charge >= 0.3 is 0 Å². The molecule has 0 spiro atoms. The van der Waals surface area contributed by atoms with E-state index in [1.54, 1.807) is 4.68 Å². The van der Waals surface area contributed by atoms with Gasteiger partial charge in [0, 0.05) is 11.6 Å². The minimum Gasteiger partial charge on any atom is -0.350 e. The van der Waals surface area contributed by atoms with Gasteiger partial charge < -0.3 is 5.32 Å². The number of hydrogen-bond donors (Lipinski definition) is 1. The molecule has 1 amide bonds. The molecule has 0 aliphatic heterocycles. The first-order chi connectivity index (χ1) is 12.9.